The molecular weight excluding hydrogens is 373 g/mol. The Labute approximate surface area is 127 Å². The first kappa shape index (κ1) is 15.8. The molecule has 0 unspecified atom stereocenters. The molecule has 0 saturated carbocycles. The number of rotatable bonds is 3. The lowest BCUT2D eigenvalue weighted by Gasteiger charge is -2.10. The number of nitrogens with one attached hydrogen (secondary N) is 1. The quantitative estimate of drug-likeness (QED) is 0.883. The molecule has 0 aliphatic heterocycles. The third kappa shape index (κ3) is 3.94. The highest BCUT2D eigenvalue weighted by molar-refractivity contribution is 9.10. The summed E-state index contributed by atoms with van der Waals surface area (Å²) in [6.45, 7) is 0. The lowest BCUT2D eigenvalue weighted by atomic mass is 10.2. The van der Waals surface area contributed by atoms with E-state index in [0.29, 0.717) is 10.5 Å². The smallest absolute Gasteiger partial charge is 0.263 e. The van der Waals surface area contributed by atoms with E-state index in [-0.39, 0.29) is 5.82 Å². The maximum absolute atomic E-state index is 12.6. The van der Waals surface area contributed by atoms with Gasteiger partial charge in [0.2, 0.25) is 0 Å². The molecule has 0 atom stereocenters. The van der Waals surface area contributed by atoms with Crippen LogP contribution in [0.1, 0.15) is 5.56 Å². The van der Waals surface area contributed by atoms with Gasteiger partial charge in [0.1, 0.15) is 5.82 Å². The van der Waals surface area contributed by atoms with Crippen molar-refractivity contribution in [3.63, 3.8) is 0 Å². The third-order valence-electron chi connectivity index (χ3n) is 2.43. The SMILES string of the molecule is O=S(=O)(Nc1cc(Br)ccn1)c1cccc(C(F)(F)F)c1. The van der Waals surface area contributed by atoms with Crippen LogP contribution in [-0.2, 0) is 16.2 Å². The van der Waals surface area contributed by atoms with Crippen LogP contribution in [0.15, 0.2) is 52.0 Å². The van der Waals surface area contributed by atoms with Crippen LogP contribution in [0.25, 0.3) is 0 Å². The zero-order valence-electron chi connectivity index (χ0n) is 10.2. The summed E-state index contributed by atoms with van der Waals surface area (Å²) in [5, 5.41) is 0. The number of pyridine rings is 1. The van der Waals surface area contributed by atoms with Crippen LogP contribution in [0.4, 0.5) is 19.0 Å². The molecule has 2 aromatic rings. The molecule has 0 aliphatic carbocycles. The minimum atomic E-state index is -4.61. The van der Waals surface area contributed by atoms with Gasteiger partial charge in [-0.3, -0.25) is 4.72 Å². The van der Waals surface area contributed by atoms with Crippen molar-refractivity contribution in [2.75, 3.05) is 4.72 Å². The molecule has 21 heavy (non-hydrogen) atoms. The Morgan fingerprint density at radius 2 is 1.86 bits per heavy atom. The lowest BCUT2D eigenvalue weighted by Crippen LogP contribution is -2.15. The topological polar surface area (TPSA) is 59.1 Å². The van der Waals surface area contributed by atoms with Gasteiger partial charge in [0, 0.05) is 10.7 Å². The van der Waals surface area contributed by atoms with Crippen molar-refractivity contribution in [1.82, 2.24) is 4.98 Å². The van der Waals surface area contributed by atoms with E-state index >= 15 is 0 Å². The van der Waals surface area contributed by atoms with Crippen molar-refractivity contribution in [2.45, 2.75) is 11.1 Å². The maximum Gasteiger partial charge on any atom is 0.416 e. The van der Waals surface area contributed by atoms with E-state index in [2.05, 4.69) is 25.6 Å². The van der Waals surface area contributed by atoms with Gasteiger partial charge in [0.05, 0.1) is 10.5 Å². The number of alkyl halides is 3. The van der Waals surface area contributed by atoms with E-state index < -0.39 is 26.7 Å². The van der Waals surface area contributed by atoms with Gasteiger partial charge in [-0.15, -0.1) is 0 Å². The summed E-state index contributed by atoms with van der Waals surface area (Å²) in [6.07, 6.45) is -3.26. The van der Waals surface area contributed by atoms with E-state index in [4.69, 9.17) is 0 Å². The summed E-state index contributed by atoms with van der Waals surface area (Å²) in [5.41, 5.74) is -1.03. The van der Waals surface area contributed by atoms with Gasteiger partial charge in [0.15, 0.2) is 0 Å². The Hall–Kier alpha value is -1.61. The molecule has 0 fully saturated rings. The summed E-state index contributed by atoms with van der Waals surface area (Å²) >= 11 is 3.14. The van der Waals surface area contributed by atoms with Crippen LogP contribution in [0, 0.1) is 0 Å². The lowest BCUT2D eigenvalue weighted by molar-refractivity contribution is -0.137. The van der Waals surface area contributed by atoms with Crippen LogP contribution < -0.4 is 4.72 Å². The Kier molecular flexibility index (Phi) is 4.24. The summed E-state index contributed by atoms with van der Waals surface area (Å²) in [4.78, 5) is 3.29. The van der Waals surface area contributed by atoms with E-state index in [1.807, 2.05) is 0 Å². The van der Waals surface area contributed by atoms with Crippen molar-refractivity contribution >= 4 is 31.8 Å². The summed E-state index contributed by atoms with van der Waals surface area (Å²) in [6, 6.07) is 6.46. The van der Waals surface area contributed by atoms with Crippen molar-refractivity contribution in [3.8, 4) is 0 Å². The summed E-state index contributed by atoms with van der Waals surface area (Å²) in [7, 11) is -4.15. The van der Waals surface area contributed by atoms with Crippen LogP contribution in [-0.4, -0.2) is 13.4 Å². The Morgan fingerprint density at radius 3 is 2.48 bits per heavy atom. The Bertz CT molecular complexity index is 763. The predicted octanol–water partition coefficient (Wildman–Crippen LogP) is 3.66. The number of anilines is 1. The zero-order chi connectivity index (χ0) is 15.7. The van der Waals surface area contributed by atoms with Gasteiger partial charge < -0.3 is 0 Å². The van der Waals surface area contributed by atoms with E-state index in [1.54, 1.807) is 6.07 Å². The third-order valence-corrected chi connectivity index (χ3v) is 4.28. The largest absolute Gasteiger partial charge is 0.416 e. The normalized spacial score (nSPS) is 12.2. The molecule has 2 rings (SSSR count). The summed E-state index contributed by atoms with van der Waals surface area (Å²) in [5.74, 6) is 0.00165. The second kappa shape index (κ2) is 5.64. The van der Waals surface area contributed by atoms with Gasteiger partial charge >= 0.3 is 6.18 Å². The Balaban J connectivity index is 2.36. The van der Waals surface area contributed by atoms with E-state index in [9.17, 15) is 21.6 Å². The number of aromatic nitrogens is 1. The fraction of sp³-hybridized carbons (Fsp3) is 0.0833. The van der Waals surface area contributed by atoms with Gasteiger partial charge in [0.25, 0.3) is 10.0 Å². The van der Waals surface area contributed by atoms with E-state index in [1.165, 1.54) is 12.3 Å². The van der Waals surface area contributed by atoms with Crippen molar-refractivity contribution in [1.29, 1.82) is 0 Å². The van der Waals surface area contributed by atoms with Gasteiger partial charge in [-0.1, -0.05) is 22.0 Å². The molecule has 112 valence electrons. The van der Waals surface area contributed by atoms with Crippen LogP contribution in [0.2, 0.25) is 0 Å². The van der Waals surface area contributed by atoms with Crippen molar-refractivity contribution < 1.29 is 21.6 Å². The Morgan fingerprint density at radius 1 is 1.14 bits per heavy atom. The van der Waals surface area contributed by atoms with Crippen LogP contribution >= 0.6 is 15.9 Å². The average Bonchev–Trinajstić information content (AvgIpc) is 2.37. The molecular formula is C12H8BrF3N2O2S. The molecule has 0 spiro atoms. The molecule has 1 N–H and O–H groups in total. The first-order valence-electron chi connectivity index (χ1n) is 5.50. The zero-order valence-corrected chi connectivity index (χ0v) is 12.6. The number of nitrogens with zero attached hydrogens (tertiary/aromatic N) is 1. The molecule has 0 saturated heterocycles. The number of benzene rings is 1. The monoisotopic (exact) mass is 380 g/mol. The number of halogens is 4. The minimum absolute atomic E-state index is 0.00165. The standard InChI is InChI=1S/C12H8BrF3N2O2S/c13-9-4-5-17-11(7-9)18-21(19,20)10-3-1-2-8(6-10)12(14,15)16/h1-7H,(H,17,18). The van der Waals surface area contributed by atoms with Gasteiger partial charge in [-0.2, -0.15) is 13.2 Å². The van der Waals surface area contributed by atoms with Crippen molar-refractivity contribution in [3.05, 3.63) is 52.6 Å². The first-order valence-corrected chi connectivity index (χ1v) is 7.78. The predicted molar refractivity (Wildman–Crippen MR) is 74.2 cm³/mol. The molecule has 1 aromatic heterocycles. The molecule has 0 aliphatic rings. The van der Waals surface area contributed by atoms with Crippen molar-refractivity contribution in [2.24, 2.45) is 0 Å². The highest BCUT2D eigenvalue weighted by atomic mass is 79.9. The van der Waals surface area contributed by atoms with E-state index in [0.717, 1.165) is 18.2 Å². The number of hydrogen-bond acceptors (Lipinski definition) is 3. The van der Waals surface area contributed by atoms with Crippen LogP contribution in [0.3, 0.4) is 0 Å². The highest BCUT2D eigenvalue weighted by Crippen LogP contribution is 2.30. The first-order chi connectivity index (χ1) is 9.68. The molecule has 1 aromatic carbocycles. The molecule has 0 bridgehead atoms. The second-order valence-electron chi connectivity index (χ2n) is 3.99. The average molecular weight is 381 g/mol. The summed E-state index contributed by atoms with van der Waals surface area (Å²) < 4.78 is 64.6. The van der Waals surface area contributed by atoms with Crippen LogP contribution in [0.5, 0.6) is 0 Å². The molecule has 9 heteroatoms. The number of hydrogen-bond donors (Lipinski definition) is 1. The highest BCUT2D eigenvalue weighted by Gasteiger charge is 2.31. The van der Waals surface area contributed by atoms with Gasteiger partial charge in [-0.05, 0) is 30.3 Å². The fourth-order valence-electron chi connectivity index (χ4n) is 1.50. The minimum Gasteiger partial charge on any atom is -0.263 e. The maximum atomic E-state index is 12.6. The molecule has 4 nitrogen and oxygen atoms in total. The fourth-order valence-corrected chi connectivity index (χ4v) is 2.88. The van der Waals surface area contributed by atoms with Gasteiger partial charge in [-0.25, -0.2) is 13.4 Å². The second-order valence-corrected chi connectivity index (χ2v) is 6.59. The number of sulfonamides is 1. The molecule has 0 amide bonds. The molecule has 0 radical (unpaired) electrons. The molecule has 1 heterocycles.